The number of nitrogens with one attached hydrogen (secondary N) is 1. The van der Waals surface area contributed by atoms with Gasteiger partial charge in [-0.2, -0.15) is 10.1 Å². The third kappa shape index (κ3) is 3.41. The van der Waals surface area contributed by atoms with E-state index in [1.165, 1.54) is 0 Å². The maximum Gasteiger partial charge on any atom is 0.315 e. The lowest BCUT2D eigenvalue weighted by Gasteiger charge is -2.13. The van der Waals surface area contributed by atoms with Crippen LogP contribution in [0, 0.1) is 13.8 Å². The Labute approximate surface area is 116 Å². The number of nitrogens with zero attached hydrogens (tertiary/aromatic N) is 4. The summed E-state index contributed by atoms with van der Waals surface area (Å²) in [5.41, 5.74) is 7.15. The molecule has 0 bridgehead atoms. The van der Waals surface area contributed by atoms with Gasteiger partial charge in [0.05, 0.1) is 18.8 Å². The number of primary amides is 1. The van der Waals surface area contributed by atoms with Crippen LogP contribution < -0.4 is 11.1 Å². The minimum absolute atomic E-state index is 0.170. The predicted molar refractivity (Wildman–Crippen MR) is 70.8 cm³/mol. The first-order valence-electron chi connectivity index (χ1n) is 6.32. The summed E-state index contributed by atoms with van der Waals surface area (Å²) in [6.45, 7) is 7.15. The van der Waals surface area contributed by atoms with Crippen LogP contribution in [0.15, 0.2) is 10.6 Å². The topological polar surface area (TPSA) is 112 Å². The van der Waals surface area contributed by atoms with Crippen LogP contribution in [0.2, 0.25) is 0 Å². The highest BCUT2D eigenvalue weighted by molar-refractivity contribution is 5.87. The summed E-state index contributed by atoms with van der Waals surface area (Å²) in [7, 11) is 0. The van der Waals surface area contributed by atoms with Crippen molar-refractivity contribution in [1.82, 2.24) is 25.2 Å². The summed E-state index contributed by atoms with van der Waals surface area (Å²) in [4.78, 5) is 14.7. The average Bonchev–Trinajstić information content (AvgIpc) is 2.94. The molecule has 0 saturated heterocycles. The van der Waals surface area contributed by atoms with Gasteiger partial charge in [-0.1, -0.05) is 5.16 Å². The fourth-order valence-corrected chi connectivity index (χ4v) is 1.88. The average molecular weight is 278 g/mol. The van der Waals surface area contributed by atoms with Crippen LogP contribution in [0.25, 0.3) is 0 Å². The number of amides is 1. The summed E-state index contributed by atoms with van der Waals surface area (Å²) in [5.74, 6) is -0.494. The number of carbonyl (C=O) groups is 1. The van der Waals surface area contributed by atoms with Crippen LogP contribution in [0.1, 0.15) is 34.8 Å². The van der Waals surface area contributed by atoms with E-state index in [2.05, 4.69) is 20.6 Å². The van der Waals surface area contributed by atoms with Gasteiger partial charge in [0.2, 0.25) is 0 Å². The van der Waals surface area contributed by atoms with E-state index in [9.17, 15) is 4.79 Å². The lowest BCUT2D eigenvalue weighted by Crippen LogP contribution is -2.31. The summed E-state index contributed by atoms with van der Waals surface area (Å²) in [6, 6.07) is 2.20. The molecule has 0 unspecified atom stereocenters. The molecule has 0 aliphatic rings. The maximum absolute atomic E-state index is 10.8. The van der Waals surface area contributed by atoms with Gasteiger partial charge in [-0.15, -0.1) is 0 Å². The van der Waals surface area contributed by atoms with Crippen molar-refractivity contribution in [3.63, 3.8) is 0 Å². The van der Waals surface area contributed by atoms with Crippen LogP contribution in [-0.2, 0) is 13.1 Å². The first-order valence-corrected chi connectivity index (χ1v) is 6.32. The number of carbonyl (C=O) groups excluding carboxylic acids is 1. The zero-order valence-electron chi connectivity index (χ0n) is 11.8. The van der Waals surface area contributed by atoms with Gasteiger partial charge < -0.3 is 15.6 Å². The fraction of sp³-hybridized carbons (Fsp3) is 0.500. The molecule has 0 aromatic carbocycles. The first-order chi connectivity index (χ1) is 9.45. The Morgan fingerprint density at radius 3 is 2.85 bits per heavy atom. The molecule has 0 aliphatic heterocycles. The third-order valence-electron chi connectivity index (χ3n) is 2.84. The van der Waals surface area contributed by atoms with E-state index in [1.807, 2.05) is 31.5 Å². The Balaban J connectivity index is 1.87. The smallest absolute Gasteiger partial charge is 0.315 e. The molecule has 108 valence electrons. The Bertz CT molecular complexity index is 603. The van der Waals surface area contributed by atoms with Crippen molar-refractivity contribution in [2.75, 3.05) is 0 Å². The largest absolute Gasteiger partial charge is 0.361 e. The normalized spacial score (nSPS) is 12.6. The Kier molecular flexibility index (Phi) is 4.14. The minimum Gasteiger partial charge on any atom is -0.361 e. The molecule has 3 N–H and O–H groups in total. The van der Waals surface area contributed by atoms with Crippen LogP contribution in [0.4, 0.5) is 0 Å². The van der Waals surface area contributed by atoms with Gasteiger partial charge in [-0.05, 0) is 26.8 Å². The number of aromatic nitrogens is 4. The van der Waals surface area contributed by atoms with Crippen LogP contribution >= 0.6 is 0 Å². The first kappa shape index (κ1) is 14.2. The molecule has 2 rings (SSSR count). The molecule has 0 saturated carbocycles. The van der Waals surface area contributed by atoms with Crippen molar-refractivity contribution in [2.45, 2.75) is 39.9 Å². The Morgan fingerprint density at radius 2 is 2.30 bits per heavy atom. The van der Waals surface area contributed by atoms with E-state index in [0.29, 0.717) is 12.4 Å². The molecule has 0 aliphatic carbocycles. The molecule has 1 amide bonds. The summed E-state index contributed by atoms with van der Waals surface area (Å²) in [5, 5.41) is 11.3. The molecule has 0 fully saturated rings. The summed E-state index contributed by atoms with van der Waals surface area (Å²) < 4.78 is 6.65. The van der Waals surface area contributed by atoms with Crippen molar-refractivity contribution < 1.29 is 9.32 Å². The van der Waals surface area contributed by atoms with E-state index in [1.54, 1.807) is 0 Å². The lowest BCUT2D eigenvalue weighted by atomic mass is 10.3. The van der Waals surface area contributed by atoms with Crippen LogP contribution in [0.3, 0.4) is 0 Å². The molecular weight excluding hydrogens is 260 g/mol. The van der Waals surface area contributed by atoms with E-state index >= 15 is 0 Å². The number of aryl methyl sites for hydroxylation is 2. The quantitative estimate of drug-likeness (QED) is 0.778. The molecule has 8 nitrogen and oxygen atoms in total. The Hall–Kier alpha value is -2.22. The molecule has 8 heteroatoms. The molecular formula is C12H18N6O2. The van der Waals surface area contributed by atoms with Crippen molar-refractivity contribution in [3.8, 4) is 0 Å². The molecule has 0 radical (unpaired) electrons. The third-order valence-corrected chi connectivity index (χ3v) is 2.84. The van der Waals surface area contributed by atoms with Gasteiger partial charge in [-0.25, -0.2) is 0 Å². The number of hydrogen-bond donors (Lipinski definition) is 2. The summed E-state index contributed by atoms with van der Waals surface area (Å²) in [6.07, 6.45) is 0. The second-order valence-electron chi connectivity index (χ2n) is 4.77. The van der Waals surface area contributed by atoms with Crippen molar-refractivity contribution in [1.29, 1.82) is 0 Å². The van der Waals surface area contributed by atoms with Crippen LogP contribution in [0.5, 0.6) is 0 Å². The van der Waals surface area contributed by atoms with Gasteiger partial charge >= 0.3 is 11.8 Å². The monoisotopic (exact) mass is 278 g/mol. The molecule has 2 aromatic rings. The van der Waals surface area contributed by atoms with Crippen molar-refractivity contribution in [2.24, 2.45) is 5.73 Å². The van der Waals surface area contributed by atoms with E-state index in [-0.39, 0.29) is 11.9 Å². The zero-order chi connectivity index (χ0) is 14.7. The van der Waals surface area contributed by atoms with Gasteiger partial charge in [0.15, 0.2) is 5.82 Å². The second kappa shape index (κ2) is 5.83. The maximum atomic E-state index is 10.8. The van der Waals surface area contributed by atoms with E-state index < -0.39 is 5.91 Å². The van der Waals surface area contributed by atoms with Gasteiger partial charge in [0.1, 0.15) is 0 Å². The highest BCUT2D eigenvalue weighted by Crippen LogP contribution is 2.03. The molecule has 2 aromatic heterocycles. The van der Waals surface area contributed by atoms with Gasteiger partial charge in [-0.3, -0.25) is 9.48 Å². The number of rotatable bonds is 6. The molecule has 0 spiro atoms. The van der Waals surface area contributed by atoms with Crippen LogP contribution in [-0.4, -0.2) is 31.9 Å². The van der Waals surface area contributed by atoms with Crippen molar-refractivity contribution in [3.05, 3.63) is 29.2 Å². The Morgan fingerprint density at radius 1 is 1.55 bits per heavy atom. The number of hydrogen-bond acceptors (Lipinski definition) is 6. The molecule has 1 atom stereocenters. The summed E-state index contributed by atoms with van der Waals surface area (Å²) >= 11 is 0. The fourth-order valence-electron chi connectivity index (χ4n) is 1.88. The predicted octanol–water partition coefficient (Wildman–Crippen LogP) is 0.160. The molecule has 2 heterocycles. The molecule has 20 heavy (non-hydrogen) atoms. The zero-order valence-corrected chi connectivity index (χ0v) is 11.8. The standard InChI is InChI=1S/C12H18N6O2/c1-7-4-9(3)18(16-7)6-8(2)14-5-10-15-12(11(13)19)20-17-10/h4,8,14H,5-6H2,1-3H3,(H2,13,19)/t8-/m0/s1. The van der Waals surface area contributed by atoms with Gasteiger partial charge in [0, 0.05) is 11.7 Å². The lowest BCUT2D eigenvalue weighted by molar-refractivity contribution is 0.0958. The second-order valence-corrected chi connectivity index (χ2v) is 4.77. The highest BCUT2D eigenvalue weighted by atomic mass is 16.5. The number of nitrogens with two attached hydrogens (primary N) is 1. The van der Waals surface area contributed by atoms with Crippen molar-refractivity contribution >= 4 is 5.91 Å². The van der Waals surface area contributed by atoms with Gasteiger partial charge in [0.25, 0.3) is 0 Å². The van der Waals surface area contributed by atoms with E-state index in [0.717, 1.165) is 17.9 Å². The minimum atomic E-state index is -0.723. The SMILES string of the molecule is Cc1cc(C)n(C[C@H](C)NCc2noc(C(N)=O)n2)n1. The van der Waals surface area contributed by atoms with E-state index in [4.69, 9.17) is 10.3 Å². The highest BCUT2D eigenvalue weighted by Gasteiger charge is 2.12.